The predicted octanol–water partition coefficient (Wildman–Crippen LogP) is 8.19. The van der Waals surface area contributed by atoms with E-state index in [0.29, 0.717) is 15.6 Å². The molecule has 0 heterocycles. The summed E-state index contributed by atoms with van der Waals surface area (Å²) in [6.45, 7) is -0.649. The summed E-state index contributed by atoms with van der Waals surface area (Å²) in [5.41, 5.74) is 1.64. The maximum Gasteiger partial charge on any atom is 0.264 e. The number of halogens is 4. The van der Waals surface area contributed by atoms with Gasteiger partial charge < -0.3 is 10.2 Å². The van der Waals surface area contributed by atoms with Crippen LogP contribution in [0.2, 0.25) is 20.1 Å². The van der Waals surface area contributed by atoms with Gasteiger partial charge in [0.25, 0.3) is 10.0 Å². The summed E-state index contributed by atoms with van der Waals surface area (Å²) in [5, 5.41) is 4.43. The summed E-state index contributed by atoms with van der Waals surface area (Å²) < 4.78 is 29.3. The third-order valence-corrected chi connectivity index (χ3v) is 11.1. The Balaban J connectivity index is 1.58. The van der Waals surface area contributed by atoms with Gasteiger partial charge in [0, 0.05) is 29.1 Å². The molecule has 47 heavy (non-hydrogen) atoms. The van der Waals surface area contributed by atoms with Crippen molar-refractivity contribution in [3.8, 4) is 0 Å². The molecule has 0 radical (unpaired) electrons. The number of nitrogens with one attached hydrogen (secondary N) is 1. The van der Waals surface area contributed by atoms with Gasteiger partial charge in [-0.1, -0.05) is 102 Å². The zero-order valence-corrected chi connectivity index (χ0v) is 29.1. The molecular weight excluding hydrogens is 700 g/mol. The fourth-order valence-corrected chi connectivity index (χ4v) is 7.69. The number of amides is 2. The van der Waals surface area contributed by atoms with Crippen molar-refractivity contribution in [2.75, 3.05) is 10.8 Å². The van der Waals surface area contributed by atoms with Crippen LogP contribution in [0, 0.1) is 0 Å². The number of rotatable bonds is 12. The first-order valence-corrected chi connectivity index (χ1v) is 18.1. The van der Waals surface area contributed by atoms with Crippen molar-refractivity contribution in [2.45, 2.75) is 55.6 Å². The van der Waals surface area contributed by atoms with Crippen LogP contribution < -0.4 is 9.62 Å². The lowest BCUT2D eigenvalue weighted by molar-refractivity contribution is -0.140. The van der Waals surface area contributed by atoms with E-state index in [2.05, 4.69) is 5.32 Å². The minimum atomic E-state index is -4.30. The number of anilines is 1. The van der Waals surface area contributed by atoms with Gasteiger partial charge in [-0.25, -0.2) is 8.42 Å². The fraction of sp³-hybridized carbons (Fsp3) is 0.257. The summed E-state index contributed by atoms with van der Waals surface area (Å²) in [7, 11) is -4.30. The molecule has 0 aromatic heterocycles. The molecule has 0 aliphatic heterocycles. The van der Waals surface area contributed by atoms with Crippen LogP contribution in [-0.4, -0.2) is 43.8 Å². The van der Waals surface area contributed by atoms with E-state index >= 15 is 0 Å². The van der Waals surface area contributed by atoms with Crippen LogP contribution in [0.4, 0.5) is 5.69 Å². The van der Waals surface area contributed by atoms with Crippen molar-refractivity contribution in [1.82, 2.24) is 10.2 Å². The van der Waals surface area contributed by atoms with Gasteiger partial charge in [0.2, 0.25) is 11.8 Å². The molecule has 1 N–H and O–H groups in total. The Bertz CT molecular complexity index is 1820. The van der Waals surface area contributed by atoms with Crippen LogP contribution in [0.3, 0.4) is 0 Å². The molecule has 0 unspecified atom stereocenters. The van der Waals surface area contributed by atoms with Gasteiger partial charge in [-0.3, -0.25) is 13.9 Å². The molecule has 1 atom stereocenters. The van der Waals surface area contributed by atoms with Gasteiger partial charge in [0.05, 0.1) is 20.6 Å². The molecular formula is C35H33Cl4N3O4S. The van der Waals surface area contributed by atoms with Gasteiger partial charge in [-0.2, -0.15) is 0 Å². The highest BCUT2D eigenvalue weighted by Gasteiger charge is 2.35. The third kappa shape index (κ3) is 9.00. The fourth-order valence-electron chi connectivity index (χ4n) is 5.65. The Morgan fingerprint density at radius 1 is 0.766 bits per heavy atom. The standard InChI is InChI=1S/C35H33Cl4N3O4S/c36-26-14-16-30(17-15-26)47(45,46)42(29-12-6-9-27(37)21-29)23-34(43)41(22-25-13-18-31(38)32(39)19-25)33(20-24-7-2-1-3-8-24)35(44)40-28-10-4-5-11-28/h1-3,6-9,12-19,21,28,33H,4-5,10-11,20,22-23H2,(H,40,44)/t33-/m0/s1. The summed E-state index contributed by atoms with van der Waals surface area (Å²) in [5.74, 6) is -0.917. The first kappa shape index (κ1) is 35.0. The highest BCUT2D eigenvalue weighted by Crippen LogP contribution is 2.29. The topological polar surface area (TPSA) is 86.8 Å². The van der Waals surface area contributed by atoms with E-state index in [9.17, 15) is 18.0 Å². The van der Waals surface area contributed by atoms with E-state index in [-0.39, 0.29) is 45.5 Å². The first-order valence-electron chi connectivity index (χ1n) is 15.1. The van der Waals surface area contributed by atoms with E-state index in [1.54, 1.807) is 36.4 Å². The lowest BCUT2D eigenvalue weighted by Gasteiger charge is -2.34. The number of benzene rings is 4. The molecule has 0 spiro atoms. The third-order valence-electron chi connectivity index (χ3n) is 8.09. The van der Waals surface area contributed by atoms with Gasteiger partial charge in [0.1, 0.15) is 12.6 Å². The summed E-state index contributed by atoms with van der Waals surface area (Å²) in [6.07, 6.45) is 3.93. The Hall–Kier alpha value is -3.27. The average Bonchev–Trinajstić information content (AvgIpc) is 3.56. The Labute approximate surface area is 295 Å². The second-order valence-electron chi connectivity index (χ2n) is 11.4. The van der Waals surface area contributed by atoms with E-state index in [4.69, 9.17) is 46.4 Å². The quantitative estimate of drug-likeness (QED) is 0.159. The van der Waals surface area contributed by atoms with Gasteiger partial charge in [-0.05, 0) is 78.6 Å². The molecule has 2 amide bonds. The first-order chi connectivity index (χ1) is 22.5. The molecule has 4 aromatic carbocycles. The smallest absolute Gasteiger partial charge is 0.264 e. The van der Waals surface area contributed by atoms with Gasteiger partial charge >= 0.3 is 0 Å². The van der Waals surface area contributed by atoms with Crippen molar-refractivity contribution in [1.29, 1.82) is 0 Å². The van der Waals surface area contributed by atoms with Crippen molar-refractivity contribution in [2.24, 2.45) is 0 Å². The summed E-state index contributed by atoms with van der Waals surface area (Å²) >= 11 is 24.9. The minimum absolute atomic E-state index is 0.00376. The largest absolute Gasteiger partial charge is 0.352 e. The molecule has 4 aromatic rings. The monoisotopic (exact) mass is 731 g/mol. The lowest BCUT2D eigenvalue weighted by Crippen LogP contribution is -2.54. The summed E-state index contributed by atoms with van der Waals surface area (Å²) in [4.78, 5) is 30.1. The van der Waals surface area contributed by atoms with Crippen LogP contribution in [0.25, 0.3) is 0 Å². The SMILES string of the molecule is O=C(NC1CCCC1)[C@H](Cc1ccccc1)N(Cc1ccc(Cl)c(Cl)c1)C(=O)CN(c1cccc(Cl)c1)S(=O)(=O)c1ccc(Cl)cc1. The van der Waals surface area contributed by atoms with E-state index in [1.165, 1.54) is 35.2 Å². The van der Waals surface area contributed by atoms with Crippen LogP contribution in [0.5, 0.6) is 0 Å². The molecule has 0 saturated heterocycles. The Morgan fingerprint density at radius 2 is 1.47 bits per heavy atom. The van der Waals surface area contributed by atoms with Crippen LogP contribution >= 0.6 is 46.4 Å². The van der Waals surface area contributed by atoms with Crippen LogP contribution in [0.15, 0.2) is 102 Å². The number of hydrogen-bond donors (Lipinski definition) is 1. The minimum Gasteiger partial charge on any atom is -0.352 e. The van der Waals surface area contributed by atoms with Crippen molar-refractivity contribution in [3.05, 3.63) is 128 Å². The number of sulfonamides is 1. The van der Waals surface area contributed by atoms with Crippen LogP contribution in [-0.2, 0) is 32.6 Å². The molecule has 12 heteroatoms. The predicted molar refractivity (Wildman–Crippen MR) is 189 cm³/mol. The number of carbonyl (C=O) groups excluding carboxylic acids is 2. The van der Waals surface area contributed by atoms with Crippen LogP contribution in [0.1, 0.15) is 36.8 Å². The van der Waals surface area contributed by atoms with Gasteiger partial charge in [0.15, 0.2) is 0 Å². The highest BCUT2D eigenvalue weighted by molar-refractivity contribution is 7.92. The number of carbonyl (C=O) groups is 2. The van der Waals surface area contributed by atoms with E-state index in [0.717, 1.165) is 35.6 Å². The van der Waals surface area contributed by atoms with E-state index < -0.39 is 28.5 Å². The van der Waals surface area contributed by atoms with Gasteiger partial charge in [-0.15, -0.1) is 0 Å². The molecule has 0 bridgehead atoms. The normalized spacial score (nSPS) is 14.0. The molecule has 1 aliphatic carbocycles. The maximum atomic E-state index is 14.6. The molecule has 246 valence electrons. The van der Waals surface area contributed by atoms with Crippen molar-refractivity contribution in [3.63, 3.8) is 0 Å². The zero-order valence-electron chi connectivity index (χ0n) is 25.3. The number of hydrogen-bond acceptors (Lipinski definition) is 4. The van der Waals surface area contributed by atoms with Crippen molar-refractivity contribution < 1.29 is 18.0 Å². The molecule has 5 rings (SSSR count). The Kier molecular flexibility index (Phi) is 11.7. The molecule has 1 saturated carbocycles. The highest BCUT2D eigenvalue weighted by atomic mass is 35.5. The second kappa shape index (κ2) is 15.8. The summed E-state index contributed by atoms with van der Waals surface area (Å²) in [6, 6.07) is 25.3. The second-order valence-corrected chi connectivity index (χ2v) is 15.0. The maximum absolute atomic E-state index is 14.6. The number of nitrogens with zero attached hydrogens (tertiary/aromatic N) is 2. The average molecular weight is 734 g/mol. The molecule has 1 fully saturated rings. The molecule has 7 nitrogen and oxygen atoms in total. The van der Waals surface area contributed by atoms with Crippen molar-refractivity contribution >= 4 is 73.9 Å². The van der Waals surface area contributed by atoms with E-state index in [1.807, 2.05) is 30.3 Å². The molecule has 1 aliphatic rings. The zero-order chi connectivity index (χ0) is 33.6. The Morgan fingerprint density at radius 3 is 2.13 bits per heavy atom. The lowest BCUT2D eigenvalue weighted by atomic mass is 10.0.